The molecule has 0 bridgehead atoms. The van der Waals surface area contributed by atoms with Crippen LogP contribution >= 0.6 is 0 Å². The largest absolute Gasteiger partial charge is 0.340 e. The zero-order valence-electron chi connectivity index (χ0n) is 14.0. The van der Waals surface area contributed by atoms with Gasteiger partial charge in [-0.2, -0.15) is 5.10 Å². The Morgan fingerprint density at radius 3 is 2.24 bits per heavy atom. The Hall–Kier alpha value is -1.36. The first kappa shape index (κ1) is 16.0. The minimum atomic E-state index is -0.272. The molecular weight excluding hydrogens is 264 g/mol. The molecule has 0 spiro atoms. The Morgan fingerprint density at radius 1 is 1.14 bits per heavy atom. The van der Waals surface area contributed by atoms with Gasteiger partial charge in [-0.05, 0) is 19.9 Å². The first-order chi connectivity index (χ1) is 9.77. The van der Waals surface area contributed by atoms with Crippen LogP contribution in [0, 0.1) is 19.3 Å². The number of amides is 1. The Morgan fingerprint density at radius 2 is 1.76 bits per heavy atom. The quantitative estimate of drug-likeness (QED) is 0.851. The summed E-state index contributed by atoms with van der Waals surface area (Å²) in [6.45, 7) is 15.6. The summed E-state index contributed by atoms with van der Waals surface area (Å²) in [5.41, 5.74) is 2.02. The second kappa shape index (κ2) is 6.18. The van der Waals surface area contributed by atoms with E-state index in [0.717, 1.165) is 45.0 Å². The van der Waals surface area contributed by atoms with Crippen molar-refractivity contribution >= 4 is 5.91 Å². The lowest BCUT2D eigenvalue weighted by molar-refractivity contribution is -0.141. The van der Waals surface area contributed by atoms with E-state index >= 15 is 0 Å². The van der Waals surface area contributed by atoms with Gasteiger partial charge < -0.3 is 4.90 Å². The molecule has 118 valence electrons. The Balaban J connectivity index is 1.79. The fourth-order valence-electron chi connectivity index (χ4n) is 2.79. The fraction of sp³-hybridized carbons (Fsp3) is 0.750. The number of nitrogens with zero attached hydrogens (tertiary/aromatic N) is 4. The van der Waals surface area contributed by atoms with Gasteiger partial charge in [-0.3, -0.25) is 14.4 Å². The average Bonchev–Trinajstić information content (AvgIpc) is 2.73. The third-order valence-corrected chi connectivity index (χ3v) is 4.03. The summed E-state index contributed by atoms with van der Waals surface area (Å²) >= 11 is 0. The van der Waals surface area contributed by atoms with Crippen LogP contribution < -0.4 is 0 Å². The van der Waals surface area contributed by atoms with Crippen molar-refractivity contribution in [3.8, 4) is 0 Å². The molecule has 1 amide bonds. The molecule has 2 rings (SSSR count). The fourth-order valence-corrected chi connectivity index (χ4v) is 2.79. The highest BCUT2D eigenvalue weighted by atomic mass is 16.2. The number of rotatable bonds is 3. The predicted molar refractivity (Wildman–Crippen MR) is 84.2 cm³/mol. The number of carbonyl (C=O) groups is 1. The highest BCUT2D eigenvalue weighted by molar-refractivity contribution is 5.81. The summed E-state index contributed by atoms with van der Waals surface area (Å²) < 4.78 is 2.07. The zero-order chi connectivity index (χ0) is 15.6. The molecule has 1 aromatic heterocycles. The Kier molecular flexibility index (Phi) is 4.71. The van der Waals surface area contributed by atoms with Crippen LogP contribution in [0.4, 0.5) is 0 Å². The summed E-state index contributed by atoms with van der Waals surface area (Å²) in [5.74, 6) is 0.265. The first-order valence-corrected chi connectivity index (χ1v) is 7.80. The van der Waals surface area contributed by atoms with Gasteiger partial charge in [-0.15, -0.1) is 0 Å². The van der Waals surface area contributed by atoms with Gasteiger partial charge in [-0.1, -0.05) is 20.8 Å². The highest BCUT2D eigenvalue weighted by Gasteiger charge is 2.29. The molecular formula is C16H28N4O. The molecule has 1 saturated heterocycles. The van der Waals surface area contributed by atoms with Gasteiger partial charge in [0.05, 0.1) is 12.2 Å². The summed E-state index contributed by atoms with van der Waals surface area (Å²) in [5, 5.41) is 4.50. The van der Waals surface area contributed by atoms with Crippen molar-refractivity contribution in [1.29, 1.82) is 0 Å². The van der Waals surface area contributed by atoms with Crippen molar-refractivity contribution in [2.24, 2.45) is 5.41 Å². The Bertz CT molecular complexity index is 493. The van der Waals surface area contributed by atoms with Crippen LogP contribution in [0.25, 0.3) is 0 Å². The van der Waals surface area contributed by atoms with E-state index in [0.29, 0.717) is 0 Å². The molecule has 0 atom stereocenters. The van der Waals surface area contributed by atoms with Gasteiger partial charge in [0, 0.05) is 43.8 Å². The molecule has 0 N–H and O–H groups in total. The van der Waals surface area contributed by atoms with E-state index in [-0.39, 0.29) is 11.3 Å². The van der Waals surface area contributed by atoms with Gasteiger partial charge >= 0.3 is 0 Å². The van der Waals surface area contributed by atoms with Gasteiger partial charge in [0.15, 0.2) is 0 Å². The molecule has 1 fully saturated rings. The van der Waals surface area contributed by atoms with Crippen molar-refractivity contribution in [2.45, 2.75) is 41.2 Å². The maximum atomic E-state index is 12.2. The average molecular weight is 292 g/mol. The molecule has 0 unspecified atom stereocenters. The summed E-state index contributed by atoms with van der Waals surface area (Å²) in [6.07, 6.45) is 0. The smallest absolute Gasteiger partial charge is 0.228 e. The molecule has 5 nitrogen and oxygen atoms in total. The van der Waals surface area contributed by atoms with Crippen molar-refractivity contribution in [3.63, 3.8) is 0 Å². The third kappa shape index (κ3) is 4.06. The van der Waals surface area contributed by atoms with E-state index in [4.69, 9.17) is 0 Å². The molecule has 5 heteroatoms. The van der Waals surface area contributed by atoms with Gasteiger partial charge in [-0.25, -0.2) is 0 Å². The van der Waals surface area contributed by atoms with E-state index in [2.05, 4.69) is 27.7 Å². The van der Waals surface area contributed by atoms with Crippen LogP contribution in [-0.2, 0) is 11.3 Å². The van der Waals surface area contributed by atoms with Crippen LogP contribution in [0.2, 0.25) is 0 Å². The lowest BCUT2D eigenvalue weighted by Crippen LogP contribution is -2.52. The maximum absolute atomic E-state index is 12.2. The van der Waals surface area contributed by atoms with E-state index < -0.39 is 0 Å². The third-order valence-electron chi connectivity index (χ3n) is 4.03. The topological polar surface area (TPSA) is 41.4 Å². The maximum Gasteiger partial charge on any atom is 0.228 e. The van der Waals surface area contributed by atoms with E-state index in [1.54, 1.807) is 0 Å². The molecule has 21 heavy (non-hydrogen) atoms. The number of hydrogen-bond donors (Lipinski definition) is 0. The van der Waals surface area contributed by atoms with Gasteiger partial charge in [0.1, 0.15) is 0 Å². The summed E-state index contributed by atoms with van der Waals surface area (Å²) in [7, 11) is 0. The van der Waals surface area contributed by atoms with Crippen LogP contribution in [0.15, 0.2) is 6.07 Å². The van der Waals surface area contributed by atoms with Crippen LogP contribution in [0.5, 0.6) is 0 Å². The summed E-state index contributed by atoms with van der Waals surface area (Å²) in [6, 6.07) is 2.11. The number of aromatic nitrogens is 2. The minimum Gasteiger partial charge on any atom is -0.340 e. The molecule has 0 saturated carbocycles. The number of piperazine rings is 1. The van der Waals surface area contributed by atoms with Crippen molar-refractivity contribution < 1.29 is 4.79 Å². The molecule has 1 aliphatic heterocycles. The monoisotopic (exact) mass is 292 g/mol. The molecule has 1 aliphatic rings. The van der Waals surface area contributed by atoms with Gasteiger partial charge in [0.2, 0.25) is 5.91 Å². The second-order valence-electron chi connectivity index (χ2n) is 7.03. The van der Waals surface area contributed by atoms with E-state index in [9.17, 15) is 4.79 Å². The lowest BCUT2D eigenvalue weighted by atomic mass is 9.94. The molecule has 0 aliphatic carbocycles. The Labute approximate surface area is 127 Å². The van der Waals surface area contributed by atoms with Crippen LogP contribution in [0.1, 0.15) is 32.2 Å². The standard InChI is InChI=1S/C16H28N4O/c1-13-12-14(2)20(17-13)11-8-18-6-9-19(10-7-18)15(21)16(3,4)5/h12H,6-11H2,1-5H3. The van der Waals surface area contributed by atoms with Crippen molar-refractivity contribution in [1.82, 2.24) is 19.6 Å². The van der Waals surface area contributed by atoms with Crippen LogP contribution in [0.3, 0.4) is 0 Å². The van der Waals surface area contributed by atoms with E-state index in [1.807, 2.05) is 32.6 Å². The molecule has 1 aromatic rings. The normalized spacial score (nSPS) is 17.3. The van der Waals surface area contributed by atoms with Crippen molar-refractivity contribution in [2.75, 3.05) is 32.7 Å². The van der Waals surface area contributed by atoms with Gasteiger partial charge in [0.25, 0.3) is 0 Å². The second-order valence-corrected chi connectivity index (χ2v) is 7.03. The SMILES string of the molecule is Cc1cc(C)n(CCN2CCN(C(=O)C(C)(C)C)CC2)n1. The predicted octanol–water partition coefficient (Wildman–Crippen LogP) is 1.69. The number of carbonyl (C=O) groups excluding carboxylic acids is 1. The highest BCUT2D eigenvalue weighted by Crippen LogP contribution is 2.18. The zero-order valence-corrected chi connectivity index (χ0v) is 14.0. The number of hydrogen-bond acceptors (Lipinski definition) is 3. The van der Waals surface area contributed by atoms with Crippen molar-refractivity contribution in [3.05, 3.63) is 17.5 Å². The molecule has 0 aromatic carbocycles. The minimum absolute atomic E-state index is 0.265. The molecule has 0 radical (unpaired) electrons. The first-order valence-electron chi connectivity index (χ1n) is 7.80. The summed E-state index contributed by atoms with van der Waals surface area (Å²) in [4.78, 5) is 16.7. The lowest BCUT2D eigenvalue weighted by Gasteiger charge is -2.37. The molecule has 2 heterocycles. The number of aryl methyl sites for hydroxylation is 2. The van der Waals surface area contributed by atoms with Crippen LogP contribution in [-0.4, -0.2) is 58.2 Å². The van der Waals surface area contributed by atoms with E-state index in [1.165, 1.54) is 5.69 Å².